The van der Waals surface area contributed by atoms with Crippen LogP contribution in [-0.4, -0.2) is 11.2 Å². The number of hydrogen-bond acceptors (Lipinski definition) is 4. The lowest BCUT2D eigenvalue weighted by Crippen LogP contribution is -1.97. The van der Waals surface area contributed by atoms with E-state index < -0.39 is 0 Å². The second-order valence-electron chi connectivity index (χ2n) is 4.51. The zero-order chi connectivity index (χ0) is 14.7. The minimum absolute atomic E-state index is 0.629. The van der Waals surface area contributed by atoms with Gasteiger partial charge in [0.05, 0.1) is 22.8 Å². The van der Waals surface area contributed by atoms with Crippen molar-refractivity contribution < 1.29 is 0 Å². The van der Waals surface area contributed by atoms with E-state index in [0.717, 1.165) is 21.5 Å². The van der Waals surface area contributed by atoms with E-state index in [0.29, 0.717) is 11.4 Å². The molecule has 1 N–H and O–H groups in total. The Bertz CT molecular complexity index is 837. The summed E-state index contributed by atoms with van der Waals surface area (Å²) in [5.41, 5.74) is 2.45. The molecule has 0 amide bonds. The summed E-state index contributed by atoms with van der Waals surface area (Å²) in [5, 5.41) is 13.5. The second kappa shape index (κ2) is 5.86. The zero-order valence-electron chi connectivity index (χ0n) is 11.5. The predicted octanol–water partition coefficient (Wildman–Crippen LogP) is 4.57. The monoisotopic (exact) mass is 291 g/mol. The first-order valence-electron chi connectivity index (χ1n) is 6.52. The van der Waals surface area contributed by atoms with Crippen LogP contribution in [0.5, 0.6) is 0 Å². The van der Waals surface area contributed by atoms with Crippen LogP contribution in [0.15, 0.2) is 59.5 Å². The van der Waals surface area contributed by atoms with Crippen LogP contribution in [0.25, 0.3) is 10.9 Å². The number of nitrogens with zero attached hydrogens (tertiary/aromatic N) is 2. The van der Waals surface area contributed by atoms with Gasteiger partial charge in [-0.05, 0) is 30.5 Å². The van der Waals surface area contributed by atoms with E-state index >= 15 is 0 Å². The number of pyridine rings is 1. The minimum Gasteiger partial charge on any atom is -0.339 e. The van der Waals surface area contributed by atoms with Crippen molar-refractivity contribution in [3.63, 3.8) is 0 Å². The molecule has 3 nitrogen and oxygen atoms in total. The second-order valence-corrected chi connectivity index (χ2v) is 5.36. The van der Waals surface area contributed by atoms with Gasteiger partial charge in [-0.2, -0.15) is 5.26 Å². The van der Waals surface area contributed by atoms with Gasteiger partial charge in [-0.1, -0.05) is 30.3 Å². The van der Waals surface area contributed by atoms with Crippen molar-refractivity contribution in [3.05, 3.63) is 60.2 Å². The number of rotatable bonds is 3. The summed E-state index contributed by atoms with van der Waals surface area (Å²) < 4.78 is 0. The molecule has 0 spiro atoms. The number of thioether (sulfide) groups is 1. The number of hydrogen-bond donors (Lipinski definition) is 1. The van der Waals surface area contributed by atoms with Gasteiger partial charge in [0.1, 0.15) is 5.82 Å². The van der Waals surface area contributed by atoms with E-state index in [2.05, 4.69) is 22.4 Å². The largest absolute Gasteiger partial charge is 0.339 e. The molecule has 0 fully saturated rings. The number of nitriles is 1. The van der Waals surface area contributed by atoms with Crippen molar-refractivity contribution in [1.82, 2.24) is 4.98 Å². The van der Waals surface area contributed by atoms with E-state index in [1.54, 1.807) is 17.8 Å². The highest BCUT2D eigenvalue weighted by atomic mass is 32.2. The molecule has 0 unspecified atom stereocenters. The molecule has 4 heteroatoms. The molecule has 3 rings (SSSR count). The van der Waals surface area contributed by atoms with Crippen molar-refractivity contribution in [2.45, 2.75) is 4.90 Å². The van der Waals surface area contributed by atoms with E-state index in [4.69, 9.17) is 0 Å². The summed E-state index contributed by atoms with van der Waals surface area (Å²) in [7, 11) is 0. The summed E-state index contributed by atoms with van der Waals surface area (Å²) in [5.74, 6) is 0.687. The van der Waals surface area contributed by atoms with Gasteiger partial charge in [0, 0.05) is 10.3 Å². The third-order valence-electron chi connectivity index (χ3n) is 3.21. The maximum atomic E-state index is 9.32. The number of aromatic nitrogens is 1. The Morgan fingerprint density at radius 3 is 2.67 bits per heavy atom. The Labute approximate surface area is 127 Å². The average Bonchev–Trinajstić information content (AvgIpc) is 2.54. The smallest absolute Gasteiger partial charge is 0.132 e. The summed E-state index contributed by atoms with van der Waals surface area (Å²) in [4.78, 5) is 5.73. The molecular weight excluding hydrogens is 278 g/mol. The molecular formula is C17H13N3S. The molecule has 2 aromatic carbocycles. The van der Waals surface area contributed by atoms with Crippen LogP contribution in [-0.2, 0) is 0 Å². The van der Waals surface area contributed by atoms with Crippen LogP contribution >= 0.6 is 11.8 Å². The molecule has 0 aliphatic heterocycles. The fraction of sp³-hybridized carbons (Fsp3) is 0.0588. The third-order valence-corrected chi connectivity index (χ3v) is 4.00. The normalized spacial score (nSPS) is 10.3. The van der Waals surface area contributed by atoms with Crippen LogP contribution in [0.4, 0.5) is 11.5 Å². The molecule has 21 heavy (non-hydrogen) atoms. The highest BCUT2D eigenvalue weighted by molar-refractivity contribution is 7.98. The number of anilines is 2. The standard InChI is InChI=1S/C17H13N3S/c1-21-16-9-5-4-8-15(16)20-17-10-12(11-18)13-6-2-3-7-14(13)19-17/h2-10H,1H3,(H,19,20). The van der Waals surface area contributed by atoms with Crippen molar-refractivity contribution in [2.75, 3.05) is 11.6 Å². The molecule has 0 bridgehead atoms. The molecule has 0 saturated carbocycles. The maximum Gasteiger partial charge on any atom is 0.132 e. The first-order chi connectivity index (χ1) is 10.3. The lowest BCUT2D eigenvalue weighted by Gasteiger charge is -2.11. The number of para-hydroxylation sites is 2. The Morgan fingerprint density at radius 2 is 1.86 bits per heavy atom. The molecule has 3 aromatic rings. The molecule has 102 valence electrons. The van der Waals surface area contributed by atoms with Gasteiger partial charge in [-0.15, -0.1) is 11.8 Å². The summed E-state index contributed by atoms with van der Waals surface area (Å²) in [6.07, 6.45) is 2.04. The molecule has 1 aromatic heterocycles. The van der Waals surface area contributed by atoms with Crippen molar-refractivity contribution in [1.29, 1.82) is 5.26 Å². The molecule has 1 heterocycles. The number of fused-ring (bicyclic) bond motifs is 1. The van der Waals surface area contributed by atoms with Gasteiger partial charge in [-0.3, -0.25) is 0 Å². The topological polar surface area (TPSA) is 48.7 Å². The fourth-order valence-corrected chi connectivity index (χ4v) is 2.77. The molecule has 0 radical (unpaired) electrons. The van der Waals surface area contributed by atoms with Crippen molar-refractivity contribution in [2.24, 2.45) is 0 Å². The lowest BCUT2D eigenvalue weighted by molar-refractivity contribution is 1.33. The van der Waals surface area contributed by atoms with E-state index in [-0.39, 0.29) is 0 Å². The van der Waals surface area contributed by atoms with Crippen LogP contribution in [0, 0.1) is 11.3 Å². The van der Waals surface area contributed by atoms with Crippen LogP contribution in [0.3, 0.4) is 0 Å². The van der Waals surface area contributed by atoms with Gasteiger partial charge in [0.2, 0.25) is 0 Å². The first-order valence-corrected chi connectivity index (χ1v) is 7.74. The highest BCUT2D eigenvalue weighted by Crippen LogP contribution is 2.28. The van der Waals surface area contributed by atoms with Crippen molar-refractivity contribution in [3.8, 4) is 6.07 Å². The Hall–Kier alpha value is -2.51. The Morgan fingerprint density at radius 1 is 1.10 bits per heavy atom. The van der Waals surface area contributed by atoms with Gasteiger partial charge in [0.15, 0.2) is 0 Å². The lowest BCUT2D eigenvalue weighted by atomic mass is 10.1. The third kappa shape index (κ3) is 2.69. The highest BCUT2D eigenvalue weighted by Gasteiger charge is 2.07. The number of nitrogens with one attached hydrogen (secondary N) is 1. The van der Waals surface area contributed by atoms with Crippen LogP contribution in [0.2, 0.25) is 0 Å². The van der Waals surface area contributed by atoms with Gasteiger partial charge < -0.3 is 5.32 Å². The van der Waals surface area contributed by atoms with E-state index in [9.17, 15) is 5.26 Å². The van der Waals surface area contributed by atoms with Gasteiger partial charge >= 0.3 is 0 Å². The molecule has 0 atom stereocenters. The molecule has 0 aliphatic carbocycles. The van der Waals surface area contributed by atoms with Crippen LogP contribution < -0.4 is 5.32 Å². The van der Waals surface area contributed by atoms with Crippen LogP contribution in [0.1, 0.15) is 5.56 Å². The van der Waals surface area contributed by atoms with Gasteiger partial charge in [0.25, 0.3) is 0 Å². The van der Waals surface area contributed by atoms with Crippen molar-refractivity contribution >= 4 is 34.2 Å². The SMILES string of the molecule is CSc1ccccc1Nc1cc(C#N)c2ccccc2n1. The maximum absolute atomic E-state index is 9.32. The van der Waals surface area contributed by atoms with Gasteiger partial charge in [-0.25, -0.2) is 4.98 Å². The van der Waals surface area contributed by atoms with E-state index in [1.807, 2.05) is 48.7 Å². The Balaban J connectivity index is 2.07. The fourth-order valence-electron chi connectivity index (χ4n) is 2.22. The minimum atomic E-state index is 0.629. The average molecular weight is 291 g/mol. The van der Waals surface area contributed by atoms with E-state index in [1.165, 1.54) is 0 Å². The molecule has 0 aliphatic rings. The Kier molecular flexibility index (Phi) is 3.76. The zero-order valence-corrected chi connectivity index (χ0v) is 12.3. The molecule has 0 saturated heterocycles. The summed E-state index contributed by atoms with van der Waals surface area (Å²) in [6.45, 7) is 0. The summed E-state index contributed by atoms with van der Waals surface area (Å²) in [6, 6.07) is 19.8. The predicted molar refractivity (Wildman–Crippen MR) is 88.0 cm³/mol. The quantitative estimate of drug-likeness (QED) is 0.718. The number of benzene rings is 2. The first kappa shape index (κ1) is 13.5. The summed E-state index contributed by atoms with van der Waals surface area (Å²) >= 11 is 1.67.